The Morgan fingerprint density at radius 1 is 0.969 bits per heavy atom. The molecule has 1 aliphatic rings. The quantitative estimate of drug-likeness (QED) is 0.495. The molecule has 0 N–H and O–H groups in total. The number of nitrogens with zero attached hydrogens (tertiary/aromatic N) is 2. The third-order valence-corrected chi connectivity index (χ3v) is 6.42. The molecule has 0 saturated carbocycles. The minimum atomic E-state index is -4.13. The van der Waals surface area contributed by atoms with Crippen LogP contribution >= 0.6 is 0 Å². The van der Waals surface area contributed by atoms with Crippen LogP contribution in [0, 0.1) is 0 Å². The van der Waals surface area contributed by atoms with Gasteiger partial charge >= 0.3 is 16.1 Å². The predicted octanol–water partition coefficient (Wildman–Crippen LogP) is 3.52. The van der Waals surface area contributed by atoms with E-state index < -0.39 is 10.1 Å². The molecule has 2 aromatic carbocycles. The number of anilines is 1. The Morgan fingerprint density at radius 2 is 1.59 bits per heavy atom. The van der Waals surface area contributed by atoms with E-state index in [1.165, 1.54) is 45.6 Å². The maximum Gasteiger partial charge on any atom is 0.339 e. The zero-order valence-corrected chi connectivity index (χ0v) is 19.5. The summed E-state index contributed by atoms with van der Waals surface area (Å²) in [7, 11) is 0.182. The van der Waals surface area contributed by atoms with Crippen LogP contribution in [0.2, 0.25) is 0 Å². The lowest BCUT2D eigenvalue weighted by Gasteiger charge is -2.19. The van der Waals surface area contributed by atoms with Crippen molar-refractivity contribution in [1.29, 1.82) is 0 Å². The highest BCUT2D eigenvalue weighted by Crippen LogP contribution is 2.41. The fraction of sp³-hybridized carbons (Fsp3) is 0.409. The highest BCUT2D eigenvalue weighted by atomic mass is 32.2. The van der Waals surface area contributed by atoms with Gasteiger partial charge < -0.3 is 23.3 Å². The van der Waals surface area contributed by atoms with Gasteiger partial charge in [-0.05, 0) is 30.7 Å². The summed E-state index contributed by atoms with van der Waals surface area (Å²) in [5.74, 6) is 0.886. The van der Waals surface area contributed by atoms with E-state index in [1.54, 1.807) is 17.0 Å². The minimum Gasteiger partial charge on any atom is -0.493 e. The third kappa shape index (κ3) is 4.85. The van der Waals surface area contributed by atoms with E-state index in [2.05, 4.69) is 6.92 Å². The molecule has 3 rings (SSSR count). The monoisotopic (exact) mass is 466 g/mol. The summed E-state index contributed by atoms with van der Waals surface area (Å²) in [4.78, 5) is 16.0. The summed E-state index contributed by atoms with van der Waals surface area (Å²) >= 11 is 0. The van der Waals surface area contributed by atoms with Gasteiger partial charge in [0.25, 0.3) is 0 Å². The smallest absolute Gasteiger partial charge is 0.339 e. The van der Waals surface area contributed by atoms with Crippen LogP contribution in [0.4, 0.5) is 10.5 Å². The summed E-state index contributed by atoms with van der Waals surface area (Å²) < 4.78 is 46.6. The van der Waals surface area contributed by atoms with E-state index in [1.807, 2.05) is 4.90 Å². The van der Waals surface area contributed by atoms with Gasteiger partial charge in [-0.25, -0.2) is 4.79 Å². The first-order chi connectivity index (χ1) is 15.3. The van der Waals surface area contributed by atoms with Crippen LogP contribution in [-0.2, 0) is 10.1 Å². The lowest BCUT2D eigenvalue weighted by atomic mass is 10.2. The molecule has 9 nitrogen and oxygen atoms in total. The summed E-state index contributed by atoms with van der Waals surface area (Å²) in [6, 6.07) is 8.79. The number of ether oxygens (including phenoxy) is 3. The molecule has 0 radical (unpaired) electrons. The van der Waals surface area contributed by atoms with Gasteiger partial charge in [0.1, 0.15) is 4.90 Å². The standard InChI is InChI=1S/C22H28N2O7S/c1-5-6-11-23-12-13-24(22(23)25)16-7-9-18(10-8-16)32(26,27)31-17-14-19(28-2)21(30-4)20(15-17)29-3/h7-10,14-15H,5-6,11-13H2,1-4H3/i22+2. The Morgan fingerprint density at radius 3 is 2.12 bits per heavy atom. The normalized spacial score (nSPS) is 13.9. The van der Waals surface area contributed by atoms with Crippen LogP contribution in [-0.4, -0.2) is 60.3 Å². The number of hydrogen-bond acceptors (Lipinski definition) is 7. The molecule has 2 aromatic rings. The van der Waals surface area contributed by atoms with Gasteiger partial charge in [0.2, 0.25) is 5.75 Å². The molecule has 1 aliphatic heterocycles. The second kappa shape index (κ2) is 9.99. The number of rotatable bonds is 10. The minimum absolute atomic E-state index is 0.0184. The van der Waals surface area contributed by atoms with Crippen molar-refractivity contribution in [2.24, 2.45) is 0 Å². The molecule has 0 spiro atoms. The Balaban J connectivity index is 1.78. The summed E-state index contributed by atoms with van der Waals surface area (Å²) in [5, 5.41) is 0. The van der Waals surface area contributed by atoms with Crippen LogP contribution < -0.4 is 23.3 Å². The first kappa shape index (κ1) is 23.5. The zero-order valence-electron chi connectivity index (χ0n) is 18.7. The first-order valence-corrected chi connectivity index (χ1v) is 11.7. The topological polar surface area (TPSA) is 94.6 Å². The fourth-order valence-corrected chi connectivity index (χ4v) is 4.37. The average molecular weight is 467 g/mol. The van der Waals surface area contributed by atoms with E-state index in [0.717, 1.165) is 19.4 Å². The van der Waals surface area contributed by atoms with Crippen molar-refractivity contribution in [1.82, 2.24) is 4.90 Å². The molecular weight excluding hydrogens is 438 g/mol. The van der Waals surface area contributed by atoms with Crippen molar-refractivity contribution < 1.29 is 31.6 Å². The van der Waals surface area contributed by atoms with Gasteiger partial charge in [-0.15, -0.1) is 0 Å². The molecule has 10 heteroatoms. The Kier molecular flexibility index (Phi) is 7.34. The number of carbonyl (C=O) groups excluding carboxylic acids is 1. The lowest BCUT2D eigenvalue weighted by molar-refractivity contribution is 0.220. The number of methoxy groups -OCH3 is 3. The maximum absolute atomic E-state index is 12.8. The molecule has 1 heterocycles. The van der Waals surface area contributed by atoms with Gasteiger partial charge in [0.05, 0.1) is 21.3 Å². The lowest BCUT2D eigenvalue weighted by Crippen LogP contribution is -2.32. The SMILES string of the molecule is CCCCN1CCN(c2ccc(S(=O)(=O)Oc3cc(OC)c(OC)c(OC)c3)cc2)[14C]1=O. The van der Waals surface area contributed by atoms with Crippen molar-refractivity contribution in [2.45, 2.75) is 24.7 Å². The molecule has 2 amide bonds. The Hall–Kier alpha value is -3.14. The van der Waals surface area contributed by atoms with Crippen LogP contribution in [0.3, 0.4) is 0 Å². The van der Waals surface area contributed by atoms with E-state index in [9.17, 15) is 13.2 Å². The van der Waals surface area contributed by atoms with Gasteiger partial charge in [-0.2, -0.15) is 8.42 Å². The molecule has 1 saturated heterocycles. The van der Waals surface area contributed by atoms with Crippen molar-refractivity contribution in [3.63, 3.8) is 0 Å². The second-order valence-corrected chi connectivity index (χ2v) is 8.71. The second-order valence-electron chi connectivity index (χ2n) is 7.17. The highest BCUT2D eigenvalue weighted by molar-refractivity contribution is 7.87. The van der Waals surface area contributed by atoms with E-state index in [0.29, 0.717) is 24.5 Å². The van der Waals surface area contributed by atoms with Gasteiger partial charge in [0.15, 0.2) is 17.2 Å². The molecule has 0 aromatic heterocycles. The maximum atomic E-state index is 12.8. The molecule has 0 aliphatic carbocycles. The van der Waals surface area contributed by atoms with Crippen molar-refractivity contribution in [2.75, 3.05) is 45.9 Å². The van der Waals surface area contributed by atoms with Crippen LogP contribution in [0.1, 0.15) is 19.8 Å². The third-order valence-electron chi connectivity index (χ3n) is 5.16. The fourth-order valence-electron chi connectivity index (χ4n) is 3.45. The van der Waals surface area contributed by atoms with Gasteiger partial charge in [0, 0.05) is 37.5 Å². The highest BCUT2D eigenvalue weighted by Gasteiger charge is 2.29. The molecule has 32 heavy (non-hydrogen) atoms. The van der Waals surface area contributed by atoms with Crippen molar-refractivity contribution in [3.05, 3.63) is 36.4 Å². The molecule has 174 valence electrons. The Bertz CT molecular complexity index is 1030. The summed E-state index contributed by atoms with van der Waals surface area (Å²) in [6.45, 7) is 4.03. The molecule has 0 atom stereocenters. The van der Waals surface area contributed by atoms with E-state index in [-0.39, 0.29) is 28.2 Å². The molecule has 0 bridgehead atoms. The number of benzene rings is 2. The largest absolute Gasteiger partial charge is 0.493 e. The molecule has 0 unspecified atom stereocenters. The Labute approximate surface area is 188 Å². The van der Waals surface area contributed by atoms with Crippen LogP contribution in [0.15, 0.2) is 41.3 Å². The van der Waals surface area contributed by atoms with Crippen molar-refractivity contribution in [3.8, 4) is 23.0 Å². The van der Waals surface area contributed by atoms with Crippen LogP contribution in [0.25, 0.3) is 0 Å². The van der Waals surface area contributed by atoms with Gasteiger partial charge in [-0.1, -0.05) is 13.3 Å². The van der Waals surface area contributed by atoms with Gasteiger partial charge in [-0.3, -0.25) is 4.90 Å². The number of amides is 2. The number of carbonyl (C=O) groups is 1. The summed E-state index contributed by atoms with van der Waals surface area (Å²) in [6.07, 6.45) is 1.97. The van der Waals surface area contributed by atoms with Crippen molar-refractivity contribution >= 4 is 21.8 Å². The number of urea groups is 1. The summed E-state index contributed by atoms with van der Waals surface area (Å²) in [5.41, 5.74) is 0.640. The first-order valence-electron chi connectivity index (χ1n) is 10.3. The zero-order chi connectivity index (χ0) is 23.3. The van der Waals surface area contributed by atoms with E-state index in [4.69, 9.17) is 18.4 Å². The molecular formula is C22H28N2O7S. The van der Waals surface area contributed by atoms with Crippen LogP contribution in [0.5, 0.6) is 23.0 Å². The molecule has 1 fully saturated rings. The van der Waals surface area contributed by atoms with E-state index >= 15 is 0 Å². The average Bonchev–Trinajstić information content (AvgIpc) is 3.16. The number of unbranched alkanes of at least 4 members (excludes halogenated alkanes) is 1. The number of hydrogen-bond donors (Lipinski definition) is 0. The predicted molar refractivity (Wildman–Crippen MR) is 120 cm³/mol.